The van der Waals surface area contributed by atoms with Crippen LogP contribution in [-0.2, 0) is 0 Å². The van der Waals surface area contributed by atoms with Crippen molar-refractivity contribution in [2.24, 2.45) is 0 Å². The number of rotatable bonds is 6. The summed E-state index contributed by atoms with van der Waals surface area (Å²) in [5.41, 5.74) is 1.10. The van der Waals surface area contributed by atoms with E-state index in [-0.39, 0.29) is 12.1 Å². The van der Waals surface area contributed by atoms with Gasteiger partial charge < -0.3 is 15.4 Å². The summed E-state index contributed by atoms with van der Waals surface area (Å²) in [5, 5.41) is 5.60. The lowest BCUT2D eigenvalue weighted by molar-refractivity contribution is 0.226. The van der Waals surface area contributed by atoms with Crippen LogP contribution in [-0.4, -0.2) is 25.2 Å². The lowest BCUT2D eigenvalue weighted by Gasteiger charge is -2.16. The normalized spacial score (nSPS) is 11.7. The molecule has 2 amide bonds. The van der Waals surface area contributed by atoms with Gasteiger partial charge in [0.2, 0.25) is 0 Å². The zero-order valence-electron chi connectivity index (χ0n) is 11.3. The van der Waals surface area contributed by atoms with Crippen molar-refractivity contribution in [1.82, 2.24) is 10.6 Å². The Morgan fingerprint density at radius 3 is 2.78 bits per heavy atom. The molecule has 0 spiro atoms. The molecule has 1 rings (SSSR count). The summed E-state index contributed by atoms with van der Waals surface area (Å²) in [6.45, 7) is 7.10. The summed E-state index contributed by atoms with van der Waals surface area (Å²) in [7, 11) is 0. The summed E-state index contributed by atoms with van der Waals surface area (Å²) in [6.07, 6.45) is 0.932. The quantitative estimate of drug-likeness (QED) is 0.815. The Balaban J connectivity index is 2.31. The van der Waals surface area contributed by atoms with Gasteiger partial charge in [0.1, 0.15) is 12.4 Å². The second-order valence-corrected chi connectivity index (χ2v) is 4.38. The SMILES string of the molecule is CCCNC(=O)N[C@H](C)COc1ccccc1C. The Hall–Kier alpha value is -1.71. The summed E-state index contributed by atoms with van der Waals surface area (Å²) in [5.74, 6) is 0.861. The van der Waals surface area contributed by atoms with Crippen molar-refractivity contribution in [3.8, 4) is 5.75 Å². The first-order valence-corrected chi connectivity index (χ1v) is 6.36. The largest absolute Gasteiger partial charge is 0.491 e. The van der Waals surface area contributed by atoms with Crippen LogP contribution in [0.2, 0.25) is 0 Å². The molecule has 4 heteroatoms. The van der Waals surface area contributed by atoms with Gasteiger partial charge >= 0.3 is 6.03 Å². The Labute approximate surface area is 109 Å². The molecular formula is C14H22N2O2. The fourth-order valence-electron chi connectivity index (χ4n) is 1.49. The predicted molar refractivity (Wildman–Crippen MR) is 73.0 cm³/mol. The van der Waals surface area contributed by atoms with Gasteiger partial charge in [-0.25, -0.2) is 4.79 Å². The van der Waals surface area contributed by atoms with E-state index in [1.807, 2.05) is 45.0 Å². The summed E-state index contributed by atoms with van der Waals surface area (Å²) in [6, 6.07) is 7.68. The lowest BCUT2D eigenvalue weighted by Crippen LogP contribution is -2.43. The van der Waals surface area contributed by atoms with Gasteiger partial charge in [-0.1, -0.05) is 25.1 Å². The molecule has 1 aromatic rings. The number of aryl methyl sites for hydroxylation is 1. The number of amides is 2. The van der Waals surface area contributed by atoms with Gasteiger partial charge in [-0.05, 0) is 31.9 Å². The van der Waals surface area contributed by atoms with E-state index >= 15 is 0 Å². The van der Waals surface area contributed by atoms with Gasteiger partial charge in [0.25, 0.3) is 0 Å². The van der Waals surface area contributed by atoms with Gasteiger partial charge in [-0.15, -0.1) is 0 Å². The van der Waals surface area contributed by atoms with Crippen LogP contribution in [0.4, 0.5) is 4.79 Å². The second-order valence-electron chi connectivity index (χ2n) is 4.38. The van der Waals surface area contributed by atoms with Crippen LogP contribution in [0, 0.1) is 6.92 Å². The maximum absolute atomic E-state index is 11.4. The van der Waals surface area contributed by atoms with E-state index in [0.717, 1.165) is 17.7 Å². The topological polar surface area (TPSA) is 50.4 Å². The van der Waals surface area contributed by atoms with Crippen LogP contribution < -0.4 is 15.4 Å². The third kappa shape index (κ3) is 5.08. The third-order valence-corrected chi connectivity index (χ3v) is 2.50. The summed E-state index contributed by atoms with van der Waals surface area (Å²) < 4.78 is 5.66. The molecule has 1 aromatic carbocycles. The standard InChI is InChI=1S/C14H22N2O2/c1-4-9-15-14(17)16-12(3)10-18-13-8-6-5-7-11(13)2/h5-8,12H,4,9-10H2,1-3H3,(H2,15,16,17)/t12-/m1/s1. The van der Waals surface area contributed by atoms with Crippen LogP contribution >= 0.6 is 0 Å². The number of ether oxygens (including phenoxy) is 1. The van der Waals surface area contributed by atoms with Crippen molar-refractivity contribution in [3.63, 3.8) is 0 Å². The number of hydrogen-bond acceptors (Lipinski definition) is 2. The monoisotopic (exact) mass is 250 g/mol. The number of para-hydroxylation sites is 1. The molecule has 0 saturated heterocycles. The van der Waals surface area contributed by atoms with E-state index in [1.165, 1.54) is 0 Å². The molecule has 0 aliphatic heterocycles. The molecule has 18 heavy (non-hydrogen) atoms. The highest BCUT2D eigenvalue weighted by atomic mass is 16.5. The molecule has 0 heterocycles. The van der Waals surface area contributed by atoms with E-state index in [9.17, 15) is 4.79 Å². The number of hydrogen-bond donors (Lipinski definition) is 2. The number of carbonyl (C=O) groups excluding carboxylic acids is 1. The molecule has 0 aliphatic carbocycles. The van der Waals surface area contributed by atoms with Crippen LogP contribution in [0.25, 0.3) is 0 Å². The molecule has 0 saturated carbocycles. The second kappa shape index (κ2) is 7.58. The number of nitrogens with one attached hydrogen (secondary N) is 2. The Kier molecular flexibility index (Phi) is 6.05. The molecule has 0 aliphatic rings. The molecule has 0 radical (unpaired) electrons. The van der Waals surface area contributed by atoms with Crippen LogP contribution in [0.15, 0.2) is 24.3 Å². The van der Waals surface area contributed by atoms with Crippen molar-refractivity contribution in [2.75, 3.05) is 13.2 Å². The summed E-state index contributed by atoms with van der Waals surface area (Å²) >= 11 is 0. The Morgan fingerprint density at radius 1 is 1.39 bits per heavy atom. The van der Waals surface area contributed by atoms with Gasteiger partial charge in [0.05, 0.1) is 6.04 Å². The fourth-order valence-corrected chi connectivity index (χ4v) is 1.49. The Morgan fingerprint density at radius 2 is 2.11 bits per heavy atom. The zero-order chi connectivity index (χ0) is 13.4. The average Bonchev–Trinajstić information content (AvgIpc) is 2.35. The smallest absolute Gasteiger partial charge is 0.315 e. The maximum Gasteiger partial charge on any atom is 0.315 e. The number of benzene rings is 1. The summed E-state index contributed by atoms with van der Waals surface area (Å²) in [4.78, 5) is 11.4. The maximum atomic E-state index is 11.4. The molecular weight excluding hydrogens is 228 g/mol. The fraction of sp³-hybridized carbons (Fsp3) is 0.500. The van der Waals surface area contributed by atoms with Gasteiger partial charge in [0, 0.05) is 6.54 Å². The van der Waals surface area contributed by atoms with Gasteiger partial charge in [-0.2, -0.15) is 0 Å². The lowest BCUT2D eigenvalue weighted by atomic mass is 10.2. The van der Waals surface area contributed by atoms with E-state index in [0.29, 0.717) is 13.2 Å². The van der Waals surface area contributed by atoms with Crippen LogP contribution in [0.3, 0.4) is 0 Å². The molecule has 1 atom stereocenters. The first kappa shape index (κ1) is 14.4. The number of carbonyl (C=O) groups is 1. The van der Waals surface area contributed by atoms with Crippen molar-refractivity contribution in [1.29, 1.82) is 0 Å². The molecule has 0 unspecified atom stereocenters. The molecule has 0 aromatic heterocycles. The molecule has 100 valence electrons. The third-order valence-electron chi connectivity index (χ3n) is 2.50. The highest BCUT2D eigenvalue weighted by Crippen LogP contribution is 2.16. The van der Waals surface area contributed by atoms with Crippen molar-refractivity contribution >= 4 is 6.03 Å². The van der Waals surface area contributed by atoms with Gasteiger partial charge in [-0.3, -0.25) is 0 Å². The van der Waals surface area contributed by atoms with E-state index in [2.05, 4.69) is 10.6 Å². The van der Waals surface area contributed by atoms with E-state index in [1.54, 1.807) is 0 Å². The first-order valence-electron chi connectivity index (χ1n) is 6.36. The molecule has 4 nitrogen and oxygen atoms in total. The predicted octanol–water partition coefficient (Wildman–Crippen LogP) is 2.47. The number of urea groups is 1. The minimum atomic E-state index is -0.141. The van der Waals surface area contributed by atoms with Crippen molar-refractivity contribution < 1.29 is 9.53 Å². The van der Waals surface area contributed by atoms with Crippen LogP contribution in [0.5, 0.6) is 5.75 Å². The molecule has 0 fully saturated rings. The van der Waals surface area contributed by atoms with Crippen molar-refractivity contribution in [3.05, 3.63) is 29.8 Å². The minimum Gasteiger partial charge on any atom is -0.491 e. The average molecular weight is 250 g/mol. The van der Waals surface area contributed by atoms with Gasteiger partial charge in [0.15, 0.2) is 0 Å². The van der Waals surface area contributed by atoms with Crippen molar-refractivity contribution in [2.45, 2.75) is 33.2 Å². The zero-order valence-corrected chi connectivity index (χ0v) is 11.3. The highest BCUT2D eigenvalue weighted by Gasteiger charge is 2.07. The van der Waals surface area contributed by atoms with E-state index in [4.69, 9.17) is 4.74 Å². The highest BCUT2D eigenvalue weighted by molar-refractivity contribution is 5.74. The molecule has 0 bridgehead atoms. The van der Waals surface area contributed by atoms with E-state index < -0.39 is 0 Å². The van der Waals surface area contributed by atoms with Crippen LogP contribution in [0.1, 0.15) is 25.8 Å². The first-order chi connectivity index (χ1) is 8.63. The minimum absolute atomic E-state index is 0.0264. The molecule has 2 N–H and O–H groups in total. The Bertz CT molecular complexity index is 380.